The van der Waals surface area contributed by atoms with E-state index in [1.165, 1.54) is 0 Å². The van der Waals surface area contributed by atoms with Crippen LogP contribution in [0.5, 0.6) is 0 Å². The molecule has 3 heteroatoms. The van der Waals surface area contributed by atoms with Gasteiger partial charge in [0.1, 0.15) is 6.61 Å². The van der Waals surface area contributed by atoms with E-state index in [1.54, 1.807) is 6.20 Å². The Bertz CT molecular complexity index is 164. The highest BCUT2D eigenvalue weighted by atomic mass is 16.6. The third-order valence-electron chi connectivity index (χ3n) is 0.957. The van der Waals surface area contributed by atoms with E-state index in [4.69, 9.17) is 5.90 Å². The van der Waals surface area contributed by atoms with Crippen LogP contribution in [0.3, 0.4) is 0 Å². The molecule has 3 nitrogen and oxygen atoms in total. The van der Waals surface area contributed by atoms with Crippen molar-refractivity contribution in [2.75, 3.05) is 0 Å². The van der Waals surface area contributed by atoms with Gasteiger partial charge >= 0.3 is 0 Å². The van der Waals surface area contributed by atoms with E-state index in [1.807, 2.05) is 18.2 Å². The predicted molar refractivity (Wildman–Crippen MR) is 33.2 cm³/mol. The molecule has 1 rings (SSSR count). The van der Waals surface area contributed by atoms with Gasteiger partial charge in [-0.2, -0.15) is 0 Å². The van der Waals surface area contributed by atoms with Gasteiger partial charge < -0.3 is 0 Å². The molecule has 1 aromatic heterocycles. The fourth-order valence-electron chi connectivity index (χ4n) is 0.569. The molecule has 0 fully saturated rings. The summed E-state index contributed by atoms with van der Waals surface area (Å²) in [4.78, 5) is 8.33. The molecule has 48 valence electrons. The van der Waals surface area contributed by atoms with Crippen LogP contribution in [0, 0.1) is 0 Å². The van der Waals surface area contributed by atoms with Gasteiger partial charge in [-0.25, -0.2) is 5.90 Å². The largest absolute Gasteiger partial charge is 0.298 e. The zero-order chi connectivity index (χ0) is 6.53. The highest BCUT2D eigenvalue weighted by Gasteiger charge is 1.87. The van der Waals surface area contributed by atoms with E-state index in [0.29, 0.717) is 6.61 Å². The highest BCUT2D eigenvalue weighted by molar-refractivity contribution is 5.01. The molecule has 9 heavy (non-hydrogen) atoms. The first-order valence-electron chi connectivity index (χ1n) is 2.65. The van der Waals surface area contributed by atoms with Gasteiger partial charge in [-0.3, -0.25) is 9.82 Å². The van der Waals surface area contributed by atoms with Crippen molar-refractivity contribution in [2.24, 2.45) is 5.90 Å². The third kappa shape index (κ3) is 1.79. The number of hydrogen-bond donors (Lipinski definition) is 1. The Balaban J connectivity index is 2.61. The molecule has 0 amide bonds. The summed E-state index contributed by atoms with van der Waals surface area (Å²) < 4.78 is 0. The number of nitrogens with two attached hydrogens (primary N) is 1. The monoisotopic (exact) mass is 124 g/mol. The second kappa shape index (κ2) is 3.17. The van der Waals surface area contributed by atoms with Gasteiger partial charge in [0.15, 0.2) is 0 Å². The summed E-state index contributed by atoms with van der Waals surface area (Å²) in [6, 6.07) is 5.59. The third-order valence-corrected chi connectivity index (χ3v) is 0.957. The fourth-order valence-corrected chi connectivity index (χ4v) is 0.569. The van der Waals surface area contributed by atoms with E-state index in [9.17, 15) is 0 Å². The molecule has 1 aromatic rings. The average Bonchev–Trinajstić information content (AvgIpc) is 1.91. The van der Waals surface area contributed by atoms with Crippen LogP contribution in [0.25, 0.3) is 0 Å². The SMILES string of the molecule is NOCc1ccccn1. The molecule has 0 saturated carbocycles. The first kappa shape index (κ1) is 6.19. The molecule has 1 heterocycles. The molecule has 0 atom stereocenters. The van der Waals surface area contributed by atoms with Gasteiger partial charge in [0.05, 0.1) is 5.69 Å². The predicted octanol–water partition coefficient (Wildman–Crippen LogP) is 0.472. The molecule has 0 bridgehead atoms. The van der Waals surface area contributed by atoms with Crippen LogP contribution in [-0.2, 0) is 11.4 Å². The van der Waals surface area contributed by atoms with Crippen LogP contribution in [0.2, 0.25) is 0 Å². The van der Waals surface area contributed by atoms with Crippen molar-refractivity contribution in [3.63, 3.8) is 0 Å². The molecular formula is C6H8N2O. The summed E-state index contributed by atoms with van der Waals surface area (Å²) >= 11 is 0. The quantitative estimate of drug-likeness (QED) is 0.583. The van der Waals surface area contributed by atoms with Crippen molar-refractivity contribution < 1.29 is 4.84 Å². The molecule has 0 aliphatic carbocycles. The summed E-state index contributed by atoms with van der Waals surface area (Å²) in [6.45, 7) is 0.376. The normalized spacial score (nSPS) is 9.44. The number of pyridine rings is 1. The van der Waals surface area contributed by atoms with Crippen molar-refractivity contribution >= 4 is 0 Å². The molecule has 0 aromatic carbocycles. The zero-order valence-corrected chi connectivity index (χ0v) is 4.95. The molecular weight excluding hydrogens is 116 g/mol. The average molecular weight is 124 g/mol. The first-order valence-corrected chi connectivity index (χ1v) is 2.65. The lowest BCUT2D eigenvalue weighted by molar-refractivity contribution is 0.121. The molecule has 0 radical (unpaired) electrons. The summed E-state index contributed by atoms with van der Waals surface area (Å²) in [5.74, 6) is 4.82. The van der Waals surface area contributed by atoms with Crippen molar-refractivity contribution in [1.82, 2.24) is 4.98 Å². The van der Waals surface area contributed by atoms with Crippen LogP contribution in [-0.4, -0.2) is 4.98 Å². The Kier molecular flexibility index (Phi) is 2.18. The van der Waals surface area contributed by atoms with Crippen molar-refractivity contribution in [1.29, 1.82) is 0 Å². The summed E-state index contributed by atoms with van der Waals surface area (Å²) in [5.41, 5.74) is 0.847. The Morgan fingerprint density at radius 3 is 3.00 bits per heavy atom. The number of aromatic nitrogens is 1. The minimum Gasteiger partial charge on any atom is -0.298 e. The highest BCUT2D eigenvalue weighted by Crippen LogP contribution is 1.92. The minimum absolute atomic E-state index is 0.376. The summed E-state index contributed by atoms with van der Waals surface area (Å²) in [6.07, 6.45) is 1.70. The number of rotatable bonds is 2. The van der Waals surface area contributed by atoms with Crippen LogP contribution < -0.4 is 5.90 Å². The molecule has 0 aliphatic rings. The smallest absolute Gasteiger partial charge is 0.110 e. The Morgan fingerprint density at radius 2 is 2.44 bits per heavy atom. The lowest BCUT2D eigenvalue weighted by Crippen LogP contribution is -1.99. The van der Waals surface area contributed by atoms with Gasteiger partial charge in [-0.15, -0.1) is 0 Å². The Labute approximate surface area is 53.4 Å². The molecule has 0 unspecified atom stereocenters. The lowest BCUT2D eigenvalue weighted by atomic mass is 10.4. The van der Waals surface area contributed by atoms with Crippen molar-refractivity contribution in [3.8, 4) is 0 Å². The Hall–Kier alpha value is -0.930. The number of hydrogen-bond acceptors (Lipinski definition) is 3. The second-order valence-corrected chi connectivity index (χ2v) is 1.63. The standard InChI is InChI=1S/C6H8N2O/c7-9-5-6-3-1-2-4-8-6/h1-4H,5,7H2. The molecule has 0 spiro atoms. The molecule has 0 saturated heterocycles. The topological polar surface area (TPSA) is 48.1 Å². The van der Waals surface area contributed by atoms with Crippen LogP contribution in [0.15, 0.2) is 24.4 Å². The van der Waals surface area contributed by atoms with Crippen LogP contribution >= 0.6 is 0 Å². The Morgan fingerprint density at radius 1 is 1.56 bits per heavy atom. The molecule has 2 N–H and O–H groups in total. The van der Waals surface area contributed by atoms with Crippen LogP contribution in [0.4, 0.5) is 0 Å². The maximum atomic E-state index is 4.82. The van der Waals surface area contributed by atoms with E-state index < -0.39 is 0 Å². The summed E-state index contributed by atoms with van der Waals surface area (Å²) in [7, 11) is 0. The van der Waals surface area contributed by atoms with Gasteiger partial charge in [0.2, 0.25) is 0 Å². The molecule has 0 aliphatic heterocycles. The zero-order valence-electron chi connectivity index (χ0n) is 4.95. The van der Waals surface area contributed by atoms with Crippen molar-refractivity contribution in [2.45, 2.75) is 6.61 Å². The van der Waals surface area contributed by atoms with Gasteiger partial charge in [-0.05, 0) is 12.1 Å². The van der Waals surface area contributed by atoms with Gasteiger partial charge in [0, 0.05) is 6.20 Å². The van der Waals surface area contributed by atoms with E-state index in [2.05, 4.69) is 9.82 Å². The maximum absolute atomic E-state index is 4.82. The van der Waals surface area contributed by atoms with E-state index in [-0.39, 0.29) is 0 Å². The van der Waals surface area contributed by atoms with E-state index >= 15 is 0 Å². The van der Waals surface area contributed by atoms with Crippen molar-refractivity contribution in [3.05, 3.63) is 30.1 Å². The number of nitrogens with zero attached hydrogens (tertiary/aromatic N) is 1. The fraction of sp³-hybridized carbons (Fsp3) is 0.167. The van der Waals surface area contributed by atoms with Gasteiger partial charge in [0.25, 0.3) is 0 Å². The van der Waals surface area contributed by atoms with Gasteiger partial charge in [-0.1, -0.05) is 6.07 Å². The minimum atomic E-state index is 0.376. The van der Waals surface area contributed by atoms with E-state index in [0.717, 1.165) is 5.69 Å². The van der Waals surface area contributed by atoms with Crippen LogP contribution in [0.1, 0.15) is 5.69 Å². The maximum Gasteiger partial charge on any atom is 0.110 e. The first-order chi connectivity index (χ1) is 4.43. The second-order valence-electron chi connectivity index (χ2n) is 1.63. The summed E-state index contributed by atoms with van der Waals surface area (Å²) in [5, 5.41) is 0. The lowest BCUT2D eigenvalue weighted by Gasteiger charge is -1.93.